The molecule has 4 aromatic rings. The van der Waals surface area contributed by atoms with Gasteiger partial charge in [-0.2, -0.15) is 0 Å². The Morgan fingerprint density at radius 3 is 2.49 bits per heavy atom. The van der Waals surface area contributed by atoms with E-state index < -0.39 is 16.1 Å². The van der Waals surface area contributed by atoms with Crippen LogP contribution < -0.4 is 15.4 Å². The molecule has 0 spiro atoms. The Bertz CT molecular complexity index is 1520. The van der Waals surface area contributed by atoms with Crippen LogP contribution in [0.3, 0.4) is 0 Å². The number of nitrogens with zero attached hydrogens (tertiary/aromatic N) is 1. The van der Waals surface area contributed by atoms with Crippen molar-refractivity contribution in [2.75, 3.05) is 10.6 Å². The maximum Gasteiger partial charge on any atom is 0.333 e. The molecule has 10 heteroatoms. The lowest BCUT2D eigenvalue weighted by Crippen LogP contribution is -2.34. The van der Waals surface area contributed by atoms with E-state index in [1.165, 1.54) is 24.3 Å². The number of urea groups is 1. The summed E-state index contributed by atoms with van der Waals surface area (Å²) in [5.74, 6) is 0. The molecule has 0 bridgehead atoms. The highest BCUT2D eigenvalue weighted by Crippen LogP contribution is 2.36. The third-order valence-electron chi connectivity index (χ3n) is 5.35. The van der Waals surface area contributed by atoms with Crippen molar-refractivity contribution in [1.29, 1.82) is 0 Å². The number of anilines is 3. The Hall–Kier alpha value is -3.08. The number of aryl methyl sites for hydroxylation is 2. The fourth-order valence-electron chi connectivity index (χ4n) is 3.60. The number of carbonyl (C=O) groups excluding carboxylic acids is 1. The first kappa shape index (κ1) is 25.0. The monoisotopic (exact) mass is 570 g/mol. The molecule has 180 valence electrons. The van der Waals surface area contributed by atoms with E-state index in [0.717, 1.165) is 33.0 Å². The number of hydrogen-bond acceptors (Lipinski definition) is 6. The maximum absolute atomic E-state index is 12.8. The lowest BCUT2D eigenvalue weighted by molar-refractivity contribution is 0.256. The van der Waals surface area contributed by atoms with Gasteiger partial charge in [-0.3, -0.25) is 4.98 Å². The van der Waals surface area contributed by atoms with Crippen molar-refractivity contribution in [2.24, 2.45) is 0 Å². The Kier molecular flexibility index (Phi) is 7.34. The van der Waals surface area contributed by atoms with Gasteiger partial charge in [0.15, 0.2) is 0 Å². The third-order valence-corrected chi connectivity index (χ3v) is 7.48. The predicted molar refractivity (Wildman–Crippen MR) is 146 cm³/mol. The quantitative estimate of drug-likeness (QED) is 0.201. The van der Waals surface area contributed by atoms with Crippen LogP contribution in [0, 0.1) is 6.92 Å². The maximum atomic E-state index is 12.8. The molecule has 0 saturated heterocycles. The predicted octanol–water partition coefficient (Wildman–Crippen LogP) is 6.41. The average Bonchev–Trinajstić information content (AvgIpc) is 2.82. The number of thiol groups is 1. The summed E-state index contributed by atoms with van der Waals surface area (Å²) in [7, 11) is -4.08. The summed E-state index contributed by atoms with van der Waals surface area (Å²) in [6.07, 6.45) is 0.872. The van der Waals surface area contributed by atoms with Gasteiger partial charge in [-0.25, -0.2) is 17.9 Å². The van der Waals surface area contributed by atoms with E-state index in [1.807, 2.05) is 42.5 Å². The Labute approximate surface area is 218 Å². The van der Waals surface area contributed by atoms with Gasteiger partial charge in [0, 0.05) is 20.4 Å². The van der Waals surface area contributed by atoms with E-state index in [-0.39, 0.29) is 4.90 Å². The lowest BCUT2D eigenvalue weighted by Gasteiger charge is -2.19. The topological polar surface area (TPSA) is 100 Å². The second kappa shape index (κ2) is 10.3. The summed E-state index contributed by atoms with van der Waals surface area (Å²) in [6.45, 7) is 3.83. The second-order valence-electron chi connectivity index (χ2n) is 7.84. The van der Waals surface area contributed by atoms with Crippen LogP contribution in [0.5, 0.6) is 0 Å². The normalized spacial score (nSPS) is 11.3. The minimum absolute atomic E-state index is 0.0440. The summed E-state index contributed by atoms with van der Waals surface area (Å²) < 4.78 is 28.3. The number of fused-ring (bicyclic) bond motifs is 1. The van der Waals surface area contributed by atoms with Crippen LogP contribution in [-0.2, 0) is 16.4 Å². The summed E-state index contributed by atoms with van der Waals surface area (Å²) in [5, 5.41) is 6.85. The Morgan fingerprint density at radius 1 is 1.03 bits per heavy atom. The van der Waals surface area contributed by atoms with Gasteiger partial charge in [-0.05, 0) is 73.5 Å². The van der Waals surface area contributed by atoms with Gasteiger partial charge < -0.3 is 10.6 Å². The van der Waals surface area contributed by atoms with Crippen LogP contribution >= 0.6 is 28.6 Å². The van der Waals surface area contributed by atoms with E-state index in [2.05, 4.69) is 55.8 Å². The summed E-state index contributed by atoms with van der Waals surface area (Å²) in [6, 6.07) is 18.5. The first-order valence-corrected chi connectivity index (χ1v) is 13.5. The van der Waals surface area contributed by atoms with Gasteiger partial charge in [0.1, 0.15) is 0 Å². The highest BCUT2D eigenvalue weighted by atomic mass is 79.9. The van der Waals surface area contributed by atoms with Gasteiger partial charge in [0.2, 0.25) is 0 Å². The third kappa shape index (κ3) is 5.77. The lowest BCUT2D eigenvalue weighted by atomic mass is 10.1. The molecule has 1 heterocycles. The van der Waals surface area contributed by atoms with E-state index in [4.69, 9.17) is 0 Å². The number of pyridine rings is 1. The molecule has 4 rings (SSSR count). The van der Waals surface area contributed by atoms with Crippen molar-refractivity contribution in [3.8, 4) is 0 Å². The van der Waals surface area contributed by atoms with Crippen LogP contribution in [0.2, 0.25) is 0 Å². The molecule has 0 radical (unpaired) electrons. The molecule has 0 fully saturated rings. The fraction of sp³-hybridized carbons (Fsp3) is 0.120. The Morgan fingerprint density at radius 2 is 1.77 bits per heavy atom. The zero-order valence-corrected chi connectivity index (χ0v) is 22.3. The molecule has 3 aromatic carbocycles. The number of aromatic nitrogens is 1. The van der Waals surface area contributed by atoms with Gasteiger partial charge in [-0.1, -0.05) is 35.0 Å². The van der Waals surface area contributed by atoms with Crippen LogP contribution in [0.1, 0.15) is 18.2 Å². The Balaban J connectivity index is 1.73. The van der Waals surface area contributed by atoms with Crippen molar-refractivity contribution in [1.82, 2.24) is 9.71 Å². The highest BCUT2D eigenvalue weighted by molar-refractivity contribution is 9.10. The SMILES string of the molecule is CCc1cccc(Nc2c(NC(=O)NS(=O)(=O)c3ccc(S)cc3)c(C)nc3ccc(Br)cc23)c1. The van der Waals surface area contributed by atoms with E-state index >= 15 is 0 Å². The molecule has 0 aliphatic heterocycles. The molecule has 0 saturated carbocycles. The first-order chi connectivity index (χ1) is 16.7. The molecule has 35 heavy (non-hydrogen) atoms. The molecular weight excluding hydrogens is 548 g/mol. The van der Waals surface area contributed by atoms with Crippen LogP contribution in [-0.4, -0.2) is 19.4 Å². The standard InChI is InChI=1S/C25H23BrN4O3S2/c1-3-16-5-4-6-18(13-16)28-24-21-14-17(26)7-12-22(21)27-15(2)23(24)29-25(31)30-35(32,33)20-10-8-19(34)9-11-20/h4-14,34H,3H2,1-2H3,(H,27,28)(H2,29,30,31). The molecule has 0 aliphatic carbocycles. The summed E-state index contributed by atoms with van der Waals surface area (Å²) in [4.78, 5) is 18.0. The van der Waals surface area contributed by atoms with Gasteiger partial charge in [0.05, 0.1) is 27.5 Å². The minimum Gasteiger partial charge on any atom is -0.353 e. The molecule has 0 atom stereocenters. The summed E-state index contributed by atoms with van der Waals surface area (Å²) >= 11 is 7.66. The van der Waals surface area contributed by atoms with Crippen LogP contribution in [0.4, 0.5) is 21.9 Å². The van der Waals surface area contributed by atoms with Crippen LogP contribution in [0.15, 0.2) is 81.0 Å². The first-order valence-electron chi connectivity index (χ1n) is 10.7. The summed E-state index contributed by atoms with van der Waals surface area (Å²) in [5.41, 5.74) is 4.21. The van der Waals surface area contributed by atoms with E-state index in [9.17, 15) is 13.2 Å². The number of carbonyl (C=O) groups is 1. The second-order valence-corrected chi connectivity index (χ2v) is 11.0. The molecule has 1 aromatic heterocycles. The number of sulfonamides is 1. The fourth-order valence-corrected chi connectivity index (χ4v) is 5.02. The smallest absolute Gasteiger partial charge is 0.333 e. The highest BCUT2D eigenvalue weighted by Gasteiger charge is 2.21. The van der Waals surface area contributed by atoms with Gasteiger partial charge in [0.25, 0.3) is 10.0 Å². The van der Waals surface area contributed by atoms with E-state index in [0.29, 0.717) is 22.0 Å². The van der Waals surface area contributed by atoms with Crippen molar-refractivity contribution < 1.29 is 13.2 Å². The number of nitrogens with one attached hydrogen (secondary N) is 3. The molecule has 0 aliphatic rings. The molecule has 3 N–H and O–H groups in total. The molecular formula is C25H23BrN4O3S2. The van der Waals surface area contributed by atoms with Crippen molar-refractivity contribution in [3.05, 3.63) is 82.5 Å². The van der Waals surface area contributed by atoms with Crippen molar-refractivity contribution >= 4 is 72.6 Å². The van der Waals surface area contributed by atoms with Crippen LogP contribution in [0.25, 0.3) is 10.9 Å². The zero-order valence-electron chi connectivity index (χ0n) is 19.0. The number of amides is 2. The number of halogens is 1. The average molecular weight is 572 g/mol. The van der Waals surface area contributed by atoms with Crippen molar-refractivity contribution in [3.63, 3.8) is 0 Å². The number of benzene rings is 3. The van der Waals surface area contributed by atoms with Crippen molar-refractivity contribution in [2.45, 2.75) is 30.1 Å². The van der Waals surface area contributed by atoms with Gasteiger partial charge in [-0.15, -0.1) is 12.6 Å². The zero-order chi connectivity index (χ0) is 25.2. The largest absolute Gasteiger partial charge is 0.353 e. The number of hydrogen-bond donors (Lipinski definition) is 4. The molecule has 2 amide bonds. The van der Waals surface area contributed by atoms with E-state index in [1.54, 1.807) is 6.92 Å². The number of rotatable bonds is 6. The minimum atomic E-state index is -4.08. The van der Waals surface area contributed by atoms with Gasteiger partial charge >= 0.3 is 6.03 Å². The molecule has 0 unspecified atom stereocenters. The molecule has 7 nitrogen and oxygen atoms in total.